The Balaban J connectivity index is 1.68. The summed E-state index contributed by atoms with van der Waals surface area (Å²) < 4.78 is 28.7. The van der Waals surface area contributed by atoms with E-state index in [4.69, 9.17) is 23.7 Å². The normalized spacial score (nSPS) is 26.4. The number of ether oxygens (including phenoxy) is 5. The van der Waals surface area contributed by atoms with Crippen LogP contribution in [0.5, 0.6) is 0 Å². The molecule has 0 aromatic rings. The number of methoxy groups -OCH3 is 3. The minimum Gasteiger partial charge on any atom is -0.462 e. The lowest BCUT2D eigenvalue weighted by molar-refractivity contribution is -0.167. The van der Waals surface area contributed by atoms with Gasteiger partial charge in [0.25, 0.3) is 5.91 Å². The predicted octanol–water partition coefficient (Wildman–Crippen LogP) is 8.44. The van der Waals surface area contributed by atoms with Gasteiger partial charge in [0.05, 0.1) is 24.2 Å². The summed E-state index contributed by atoms with van der Waals surface area (Å²) in [6.45, 7) is 18.5. The van der Waals surface area contributed by atoms with Gasteiger partial charge >= 0.3 is 11.9 Å². The molecule has 3 fully saturated rings. The van der Waals surface area contributed by atoms with Crippen LogP contribution < -0.4 is 0 Å². The van der Waals surface area contributed by atoms with Gasteiger partial charge < -0.3 is 38.8 Å². The predicted molar refractivity (Wildman–Crippen MR) is 269 cm³/mol. The van der Waals surface area contributed by atoms with E-state index in [1.165, 1.54) is 12.0 Å². The number of hydrogen-bond donors (Lipinski definition) is 2. The van der Waals surface area contributed by atoms with Gasteiger partial charge in [0.15, 0.2) is 5.78 Å². The number of aliphatic hydroxyl groups is 2. The summed E-state index contributed by atoms with van der Waals surface area (Å²) in [4.78, 5) is 82.2. The first kappa shape index (κ1) is 60.5. The summed E-state index contributed by atoms with van der Waals surface area (Å²) in [6, 6.07) is -0.958. The number of nitrogens with zero attached hydrogens (tertiary/aromatic N) is 1. The zero-order valence-corrected chi connectivity index (χ0v) is 44.8. The topological polar surface area (TPSA) is 192 Å². The minimum atomic E-state index is -1.32. The lowest BCUT2D eigenvalue weighted by atomic mass is 9.78. The number of Topliss-reactive ketones (excluding diaryl/α,β-unsaturated/α-hetero) is 3. The largest absolute Gasteiger partial charge is 0.462 e. The van der Waals surface area contributed by atoms with Crippen LogP contribution in [0.15, 0.2) is 47.6 Å². The summed E-state index contributed by atoms with van der Waals surface area (Å²) in [5.41, 5.74) is 0.519. The highest BCUT2D eigenvalue weighted by Crippen LogP contribution is 2.35. The Bertz CT molecular complexity index is 1870. The van der Waals surface area contributed by atoms with Crippen molar-refractivity contribution < 1.29 is 62.7 Å². The SMILES string of the molecule is CCC(C)(C)C(=O)C(=O)N1CCCC[C@H]1C(=O)OC(CC(=O)[C@H](C)/C=C(\C)[C@@H](O)[C@@H](OC)C(=O)[C@@H](C)C[C@H](C)/C=C/C=C/C=C(\C)[C@H](CC1CC[C@@H](C)C(=O)O1)OC)[C@H](C)C[C@@H]1CC[C@@H](O)[C@H](OC)C1. The van der Waals surface area contributed by atoms with E-state index in [0.29, 0.717) is 63.4 Å². The standard InChI is InChI=1S/C56H89NO13/c1-14-56(9,10)52(62)53(63)57-27-19-18-22-43(57)55(65)70-47(38(6)30-41-24-26-44(58)48(31-41)67-12)33-45(59)37(5)29-40(8)50(61)51(68-13)49(60)39(7)28-34(2)20-16-15-17-21-35(3)46(66-11)32-42-25-23-36(4)54(64)69-42/h15-17,20-21,29,34,36-39,41-44,46-48,50-51,58,61H,14,18-19,22-28,30-33H2,1-13H3/b17-15+,20-16+,35-21+,40-29+/t34-,36-,37-,38-,39+,41+,42?,43+,44-,46+,47?,48-,50-,51+/m1/s1. The molecule has 1 amide bonds. The summed E-state index contributed by atoms with van der Waals surface area (Å²) >= 11 is 0. The fourth-order valence-electron chi connectivity index (χ4n) is 9.97. The van der Waals surface area contributed by atoms with Gasteiger partial charge in [0, 0.05) is 58.0 Å². The van der Waals surface area contributed by atoms with Gasteiger partial charge in [-0.2, -0.15) is 0 Å². The Kier molecular flexibility index (Phi) is 25.1. The Hall–Kier alpha value is -3.82. The Morgan fingerprint density at radius 2 is 1.60 bits per heavy atom. The van der Waals surface area contributed by atoms with E-state index < -0.39 is 65.4 Å². The summed E-state index contributed by atoms with van der Waals surface area (Å²) in [6.07, 6.45) is 14.1. The zero-order chi connectivity index (χ0) is 52.5. The van der Waals surface area contributed by atoms with E-state index in [-0.39, 0.29) is 72.5 Å². The summed E-state index contributed by atoms with van der Waals surface area (Å²) in [7, 11) is 4.61. The van der Waals surface area contributed by atoms with Crippen LogP contribution in [-0.4, -0.2) is 127 Å². The quantitative estimate of drug-likeness (QED) is 0.0345. The molecule has 3 rings (SSSR count). The molecule has 0 spiro atoms. The molecule has 3 aliphatic rings. The molecule has 14 heteroatoms. The second kappa shape index (κ2) is 29.0. The fourth-order valence-corrected chi connectivity index (χ4v) is 9.97. The van der Waals surface area contributed by atoms with Crippen LogP contribution in [0.1, 0.15) is 153 Å². The number of cyclic esters (lactones) is 1. The van der Waals surface area contributed by atoms with Crippen LogP contribution in [-0.2, 0) is 52.5 Å². The number of aliphatic hydroxyl groups excluding tert-OH is 2. The monoisotopic (exact) mass is 984 g/mol. The molecule has 0 aromatic carbocycles. The van der Waals surface area contributed by atoms with Crippen molar-refractivity contribution in [1.29, 1.82) is 0 Å². The molecule has 0 radical (unpaired) electrons. The van der Waals surface area contributed by atoms with Gasteiger partial charge in [-0.3, -0.25) is 24.0 Å². The van der Waals surface area contributed by atoms with Gasteiger partial charge in [0.1, 0.15) is 36.2 Å². The number of esters is 2. The third-order valence-electron chi connectivity index (χ3n) is 15.3. The second-order valence-corrected chi connectivity index (χ2v) is 21.5. The molecule has 1 aliphatic carbocycles. The van der Waals surface area contributed by atoms with Crippen molar-refractivity contribution in [3.05, 3.63) is 47.6 Å². The second-order valence-electron chi connectivity index (χ2n) is 21.5. The molecule has 2 heterocycles. The number of amides is 1. The molecule has 1 saturated carbocycles. The first-order valence-electron chi connectivity index (χ1n) is 26.0. The van der Waals surface area contributed by atoms with Crippen LogP contribution >= 0.6 is 0 Å². The van der Waals surface area contributed by atoms with Crippen molar-refractivity contribution in [2.45, 2.75) is 201 Å². The third kappa shape index (κ3) is 17.7. The van der Waals surface area contributed by atoms with E-state index in [9.17, 15) is 39.0 Å². The maximum absolute atomic E-state index is 14.1. The van der Waals surface area contributed by atoms with Crippen LogP contribution in [0, 0.1) is 40.9 Å². The van der Waals surface area contributed by atoms with Crippen molar-refractivity contribution in [1.82, 2.24) is 4.90 Å². The average molecular weight is 984 g/mol. The van der Waals surface area contributed by atoms with Gasteiger partial charge in [-0.15, -0.1) is 0 Å². The van der Waals surface area contributed by atoms with Crippen molar-refractivity contribution in [3.8, 4) is 0 Å². The number of hydrogen-bond acceptors (Lipinski definition) is 13. The Labute approximate surface area is 419 Å². The maximum atomic E-state index is 14.1. The van der Waals surface area contributed by atoms with Crippen molar-refractivity contribution in [2.24, 2.45) is 40.9 Å². The van der Waals surface area contributed by atoms with Crippen LogP contribution in [0.25, 0.3) is 0 Å². The highest BCUT2D eigenvalue weighted by atomic mass is 16.6. The number of carbonyl (C=O) groups excluding carboxylic acids is 6. The van der Waals surface area contributed by atoms with Gasteiger partial charge in [-0.05, 0) is 113 Å². The molecule has 0 aromatic heterocycles. The van der Waals surface area contributed by atoms with Crippen LogP contribution in [0.2, 0.25) is 0 Å². The van der Waals surface area contributed by atoms with E-state index in [0.717, 1.165) is 24.8 Å². The lowest BCUT2D eigenvalue weighted by Gasteiger charge is -2.37. The number of ketones is 3. The average Bonchev–Trinajstić information content (AvgIpc) is 3.33. The smallest absolute Gasteiger partial charge is 0.329 e. The Morgan fingerprint density at radius 1 is 0.900 bits per heavy atom. The number of allylic oxidation sites excluding steroid dienone is 6. The molecule has 0 bridgehead atoms. The summed E-state index contributed by atoms with van der Waals surface area (Å²) in [5.74, 6) is -3.89. The fraction of sp³-hybridized carbons (Fsp3) is 0.750. The van der Waals surface area contributed by atoms with Gasteiger partial charge in [-0.25, -0.2) is 4.79 Å². The molecule has 2 saturated heterocycles. The number of rotatable bonds is 27. The molecule has 396 valence electrons. The first-order valence-corrected chi connectivity index (χ1v) is 26.0. The number of piperidine rings is 1. The van der Waals surface area contributed by atoms with E-state index in [1.807, 2.05) is 71.9 Å². The maximum Gasteiger partial charge on any atom is 0.329 e. The van der Waals surface area contributed by atoms with Gasteiger partial charge in [0.2, 0.25) is 5.78 Å². The van der Waals surface area contributed by atoms with Crippen molar-refractivity contribution in [2.75, 3.05) is 27.9 Å². The van der Waals surface area contributed by atoms with Crippen molar-refractivity contribution in [3.63, 3.8) is 0 Å². The Morgan fingerprint density at radius 3 is 2.23 bits per heavy atom. The number of carbonyl (C=O) groups is 6. The lowest BCUT2D eigenvalue weighted by Crippen LogP contribution is -2.53. The van der Waals surface area contributed by atoms with Gasteiger partial charge in [-0.1, -0.05) is 91.8 Å². The third-order valence-corrected chi connectivity index (χ3v) is 15.3. The van der Waals surface area contributed by atoms with Crippen LogP contribution in [0.3, 0.4) is 0 Å². The molecule has 2 N–H and O–H groups in total. The molecule has 2 aliphatic heterocycles. The first-order chi connectivity index (χ1) is 33.0. The minimum absolute atomic E-state index is 0.0284. The zero-order valence-electron chi connectivity index (χ0n) is 44.8. The molecule has 14 nitrogen and oxygen atoms in total. The highest BCUT2D eigenvalue weighted by Gasteiger charge is 2.42. The molecular weight excluding hydrogens is 895 g/mol. The van der Waals surface area contributed by atoms with E-state index in [1.54, 1.807) is 48.0 Å². The molecule has 14 atom stereocenters. The highest BCUT2D eigenvalue weighted by molar-refractivity contribution is 6.38. The van der Waals surface area contributed by atoms with E-state index in [2.05, 4.69) is 0 Å². The molecular formula is C56H89NO13. The van der Waals surface area contributed by atoms with Crippen LogP contribution in [0.4, 0.5) is 0 Å². The van der Waals surface area contributed by atoms with Crippen molar-refractivity contribution >= 4 is 35.2 Å². The van der Waals surface area contributed by atoms with E-state index >= 15 is 0 Å². The molecule has 2 unspecified atom stereocenters. The summed E-state index contributed by atoms with van der Waals surface area (Å²) in [5, 5.41) is 21.9. The number of likely N-dealkylation sites (tertiary alicyclic amines) is 1. The molecule has 70 heavy (non-hydrogen) atoms.